The van der Waals surface area contributed by atoms with E-state index in [2.05, 4.69) is 39.2 Å². The van der Waals surface area contributed by atoms with Crippen LogP contribution >= 0.6 is 0 Å². The van der Waals surface area contributed by atoms with Crippen LogP contribution < -0.4 is 14.5 Å². The lowest BCUT2D eigenvalue weighted by Gasteiger charge is -2.36. The van der Waals surface area contributed by atoms with Crippen LogP contribution in [0.1, 0.15) is 58.2 Å². The molecule has 0 heterocycles. The van der Waals surface area contributed by atoms with Crippen LogP contribution in [-0.4, -0.2) is 26.0 Å². The van der Waals surface area contributed by atoms with Gasteiger partial charge in [-0.3, -0.25) is 5.32 Å². The van der Waals surface area contributed by atoms with E-state index in [1.54, 1.807) is 32.9 Å². The molecule has 8 heteroatoms. The molecule has 0 spiro atoms. The highest BCUT2D eigenvalue weighted by Crippen LogP contribution is 2.38. The highest BCUT2D eigenvalue weighted by molar-refractivity contribution is 6.74. The van der Waals surface area contributed by atoms with Crippen LogP contribution in [0.5, 0.6) is 11.5 Å². The fraction of sp³-hybridized carbons (Fsp3) is 0.353. The van der Waals surface area contributed by atoms with Crippen molar-refractivity contribution in [2.45, 2.75) is 78.5 Å². The first-order valence-electron chi connectivity index (χ1n) is 14.0. The second kappa shape index (κ2) is 13.7. The number of alkyl carbamates (subject to hydrolysis) is 1. The predicted octanol–water partition coefficient (Wildman–Crippen LogP) is 8.26. The topological polar surface area (TPSA) is 83.1 Å². The van der Waals surface area contributed by atoms with Gasteiger partial charge in [-0.2, -0.15) is 0 Å². The van der Waals surface area contributed by atoms with E-state index in [9.17, 15) is 9.59 Å². The number of nitrogens with one attached hydrogen (secondary N) is 1. The number of hydrogen-bond acceptors (Lipinski definition) is 6. The van der Waals surface area contributed by atoms with E-state index in [1.165, 1.54) is 0 Å². The molecule has 0 atom stereocenters. The molecule has 0 unspecified atom stereocenters. The van der Waals surface area contributed by atoms with Crippen molar-refractivity contribution in [3.63, 3.8) is 0 Å². The summed E-state index contributed by atoms with van der Waals surface area (Å²) in [6.45, 7) is 16.5. The minimum absolute atomic E-state index is 0.0332. The number of benzene rings is 3. The van der Waals surface area contributed by atoms with Crippen LogP contribution in [0, 0.1) is 0 Å². The summed E-state index contributed by atoms with van der Waals surface area (Å²) < 4.78 is 23.7. The number of carbonyl (C=O) groups excluding carboxylic acids is 2. The summed E-state index contributed by atoms with van der Waals surface area (Å²) in [6, 6.07) is 24.7. The number of ether oxygens (including phenoxy) is 3. The Bertz CT molecular complexity index is 1370. The Kier molecular flexibility index (Phi) is 10.6. The molecular formula is C34H43NO6Si. The Balaban J connectivity index is 1.98. The lowest BCUT2D eigenvalue weighted by atomic mass is 10.1. The van der Waals surface area contributed by atoms with Crippen molar-refractivity contribution >= 4 is 26.5 Å². The van der Waals surface area contributed by atoms with Crippen LogP contribution in [0.3, 0.4) is 0 Å². The number of amides is 1. The zero-order valence-corrected chi connectivity index (χ0v) is 26.9. The van der Waals surface area contributed by atoms with Crippen molar-refractivity contribution in [2.24, 2.45) is 0 Å². The van der Waals surface area contributed by atoms with E-state index in [0.717, 1.165) is 11.1 Å². The van der Waals surface area contributed by atoms with Gasteiger partial charge in [0.05, 0.1) is 0 Å². The number of rotatable bonds is 10. The summed E-state index contributed by atoms with van der Waals surface area (Å²) in [5.74, 6) is 0.482. The van der Waals surface area contributed by atoms with Crippen LogP contribution in [-0.2, 0) is 27.5 Å². The summed E-state index contributed by atoms with van der Waals surface area (Å²) in [5, 5.41) is 2.55. The second-order valence-corrected chi connectivity index (χ2v) is 17.3. The smallest absolute Gasteiger partial charge is 0.412 e. The molecule has 0 aromatic heterocycles. The first-order valence-corrected chi connectivity index (χ1v) is 17.0. The first-order chi connectivity index (χ1) is 19.6. The van der Waals surface area contributed by atoms with Crippen molar-refractivity contribution in [2.75, 3.05) is 0 Å². The zero-order chi connectivity index (χ0) is 31.0. The number of esters is 1. The molecule has 1 amide bonds. The molecule has 0 aliphatic rings. The Morgan fingerprint density at radius 3 is 1.88 bits per heavy atom. The zero-order valence-electron chi connectivity index (χ0n) is 25.9. The first kappa shape index (κ1) is 32.5. The van der Waals surface area contributed by atoms with Crippen LogP contribution in [0.2, 0.25) is 18.1 Å². The fourth-order valence-corrected chi connectivity index (χ4v) is 4.55. The predicted molar refractivity (Wildman–Crippen MR) is 169 cm³/mol. The highest BCUT2D eigenvalue weighted by atomic mass is 28.4. The van der Waals surface area contributed by atoms with Gasteiger partial charge in [0.1, 0.15) is 36.0 Å². The third-order valence-corrected chi connectivity index (χ3v) is 11.1. The number of hydrogen-bond donors (Lipinski definition) is 1. The van der Waals surface area contributed by atoms with Gasteiger partial charge in [-0.05, 0) is 73.8 Å². The van der Waals surface area contributed by atoms with Crippen molar-refractivity contribution in [1.82, 2.24) is 5.32 Å². The molecule has 0 aliphatic heterocycles. The summed E-state index contributed by atoms with van der Waals surface area (Å²) in [5.41, 5.74) is 1.61. The Labute approximate surface area is 251 Å². The van der Waals surface area contributed by atoms with Crippen molar-refractivity contribution in [3.8, 4) is 11.5 Å². The van der Waals surface area contributed by atoms with Crippen LogP contribution in [0.25, 0.3) is 6.08 Å². The molecule has 3 rings (SSSR count). The van der Waals surface area contributed by atoms with Gasteiger partial charge in [-0.25, -0.2) is 9.59 Å². The lowest BCUT2D eigenvalue weighted by Crippen LogP contribution is -2.43. The molecule has 0 bridgehead atoms. The monoisotopic (exact) mass is 589 g/mol. The maximum absolute atomic E-state index is 13.2. The van der Waals surface area contributed by atoms with Gasteiger partial charge in [0.25, 0.3) is 0 Å². The van der Waals surface area contributed by atoms with Gasteiger partial charge < -0.3 is 18.6 Å². The SMILES string of the molecule is CC(C)(C)OC(=O)N/C(=C\c1cc(OCc2ccccc2)cc(O[Si](C)(C)C(C)(C)C)c1)C(=O)OCc1ccccc1. The molecular weight excluding hydrogens is 546 g/mol. The van der Waals surface area contributed by atoms with E-state index < -0.39 is 26.0 Å². The van der Waals surface area contributed by atoms with Gasteiger partial charge in [0.2, 0.25) is 8.32 Å². The quantitative estimate of drug-likeness (QED) is 0.146. The van der Waals surface area contributed by atoms with Crippen LogP contribution in [0.4, 0.5) is 4.79 Å². The Hall–Kier alpha value is -4.04. The lowest BCUT2D eigenvalue weighted by molar-refractivity contribution is -0.140. The minimum atomic E-state index is -2.20. The van der Waals surface area contributed by atoms with E-state index in [1.807, 2.05) is 72.8 Å². The second-order valence-electron chi connectivity index (χ2n) is 12.6. The largest absolute Gasteiger partial charge is 0.543 e. The van der Waals surface area contributed by atoms with Gasteiger partial charge in [0, 0.05) is 6.07 Å². The molecule has 0 fully saturated rings. The summed E-state index contributed by atoms with van der Waals surface area (Å²) in [4.78, 5) is 25.9. The third-order valence-electron chi connectivity index (χ3n) is 6.71. The fourth-order valence-electron chi connectivity index (χ4n) is 3.54. The molecule has 3 aromatic rings. The third kappa shape index (κ3) is 10.4. The molecule has 224 valence electrons. The van der Waals surface area contributed by atoms with Crippen molar-refractivity contribution < 1.29 is 28.2 Å². The van der Waals surface area contributed by atoms with Crippen LogP contribution in [0.15, 0.2) is 84.6 Å². The van der Waals surface area contributed by atoms with Gasteiger partial charge in [0.15, 0.2) is 0 Å². The average molecular weight is 590 g/mol. The maximum atomic E-state index is 13.2. The highest BCUT2D eigenvalue weighted by Gasteiger charge is 2.39. The normalized spacial score (nSPS) is 12.3. The maximum Gasteiger partial charge on any atom is 0.412 e. The molecule has 1 N–H and O–H groups in total. The molecule has 3 aromatic carbocycles. The standard InChI is InChI=1S/C34H43NO6Si/c1-33(2,3)40-32(37)35-30(31(36)39-24-26-17-13-10-14-18-26)21-27-19-28(38-23-25-15-11-9-12-16-25)22-29(20-27)41-42(7,8)34(4,5)6/h9-22H,23-24H2,1-8H3,(H,35,37)/b30-21-. The van der Waals surface area contributed by atoms with Gasteiger partial charge in [-0.15, -0.1) is 0 Å². The van der Waals surface area contributed by atoms with Crippen molar-refractivity contribution in [3.05, 3.63) is 101 Å². The summed E-state index contributed by atoms with van der Waals surface area (Å²) in [6.07, 6.45) is 0.783. The summed E-state index contributed by atoms with van der Waals surface area (Å²) in [7, 11) is -2.20. The molecule has 42 heavy (non-hydrogen) atoms. The molecule has 7 nitrogen and oxygen atoms in total. The van der Waals surface area contributed by atoms with E-state index in [0.29, 0.717) is 23.7 Å². The molecule has 0 radical (unpaired) electrons. The van der Waals surface area contributed by atoms with Crippen molar-refractivity contribution in [1.29, 1.82) is 0 Å². The summed E-state index contributed by atoms with van der Waals surface area (Å²) >= 11 is 0. The van der Waals surface area contributed by atoms with Gasteiger partial charge >= 0.3 is 12.1 Å². The van der Waals surface area contributed by atoms with E-state index in [-0.39, 0.29) is 17.3 Å². The van der Waals surface area contributed by atoms with E-state index >= 15 is 0 Å². The molecule has 0 aliphatic carbocycles. The average Bonchev–Trinajstić information content (AvgIpc) is 2.89. The minimum Gasteiger partial charge on any atom is -0.543 e. The Morgan fingerprint density at radius 1 is 0.786 bits per heavy atom. The van der Waals surface area contributed by atoms with E-state index in [4.69, 9.17) is 18.6 Å². The Morgan fingerprint density at radius 2 is 1.33 bits per heavy atom. The number of carbonyl (C=O) groups is 2. The molecule has 0 saturated carbocycles. The van der Waals surface area contributed by atoms with Gasteiger partial charge in [-0.1, -0.05) is 81.4 Å². The molecule has 0 saturated heterocycles.